The number of fused-ring (bicyclic) bond motifs is 1. The fraction of sp³-hybridized carbons (Fsp3) is 0.381. The molecule has 1 N–H and O–H groups in total. The topological polar surface area (TPSA) is 68.0 Å². The number of imidazole rings is 1. The van der Waals surface area contributed by atoms with Crippen molar-refractivity contribution in [3.8, 4) is 11.5 Å². The van der Waals surface area contributed by atoms with Crippen molar-refractivity contribution >= 4 is 17.0 Å². The van der Waals surface area contributed by atoms with Crippen LogP contribution in [0.5, 0.6) is 0 Å². The minimum atomic E-state index is -1.10. The van der Waals surface area contributed by atoms with Crippen molar-refractivity contribution in [1.29, 1.82) is 0 Å². The molecule has 142 valence electrons. The van der Waals surface area contributed by atoms with Gasteiger partial charge in [0.1, 0.15) is 16.9 Å². The summed E-state index contributed by atoms with van der Waals surface area (Å²) >= 11 is 0. The minimum absolute atomic E-state index is 0.0499. The van der Waals surface area contributed by atoms with Gasteiger partial charge in [-0.2, -0.15) is 0 Å². The average Bonchev–Trinajstić information content (AvgIpc) is 3.05. The monoisotopic (exact) mass is 369 g/mol. The number of carboxylic acids is 1. The largest absolute Gasteiger partial charge is 0.477 e. The standard InChI is InChI=1S/C21H24FN3O2/c1-2-3-4-5-6-7-14-25-18-13-8-10-15(22)19(18)24-20(25)16-11-9-12-17(23-16)21(26)27/h8-13H,2-7,14H2,1H3,(H,26,27). The fourth-order valence-electron chi connectivity index (χ4n) is 3.26. The third-order valence-electron chi connectivity index (χ3n) is 4.66. The lowest BCUT2D eigenvalue weighted by molar-refractivity contribution is 0.0690. The van der Waals surface area contributed by atoms with E-state index in [2.05, 4.69) is 16.9 Å². The molecule has 3 rings (SSSR count). The number of aromatic nitrogens is 3. The van der Waals surface area contributed by atoms with E-state index in [0.29, 0.717) is 29.1 Å². The molecule has 2 aromatic heterocycles. The second-order valence-corrected chi connectivity index (χ2v) is 6.68. The molecule has 0 unspecified atom stereocenters. The molecule has 2 heterocycles. The van der Waals surface area contributed by atoms with E-state index in [1.807, 2.05) is 10.6 Å². The predicted molar refractivity (Wildman–Crippen MR) is 103 cm³/mol. The zero-order valence-electron chi connectivity index (χ0n) is 15.5. The maximum atomic E-state index is 14.2. The first-order valence-corrected chi connectivity index (χ1v) is 9.47. The van der Waals surface area contributed by atoms with Crippen molar-refractivity contribution in [1.82, 2.24) is 14.5 Å². The third-order valence-corrected chi connectivity index (χ3v) is 4.66. The quantitative estimate of drug-likeness (QED) is 0.520. The molecule has 0 spiro atoms. The molecule has 27 heavy (non-hydrogen) atoms. The first-order valence-electron chi connectivity index (χ1n) is 9.47. The fourth-order valence-corrected chi connectivity index (χ4v) is 3.26. The number of hydrogen-bond donors (Lipinski definition) is 1. The van der Waals surface area contributed by atoms with Gasteiger partial charge >= 0.3 is 5.97 Å². The Morgan fingerprint density at radius 3 is 2.56 bits per heavy atom. The van der Waals surface area contributed by atoms with E-state index in [1.54, 1.807) is 18.2 Å². The molecule has 0 fully saturated rings. The summed E-state index contributed by atoms with van der Waals surface area (Å²) in [5.41, 5.74) is 1.39. The Balaban J connectivity index is 1.93. The Morgan fingerprint density at radius 1 is 1.04 bits per heavy atom. The first kappa shape index (κ1) is 19.0. The summed E-state index contributed by atoms with van der Waals surface area (Å²) in [5.74, 6) is -0.974. The molecule has 0 saturated carbocycles. The molecule has 0 amide bonds. The molecule has 0 atom stereocenters. The average molecular weight is 369 g/mol. The van der Waals surface area contributed by atoms with Gasteiger partial charge in [0.2, 0.25) is 0 Å². The number of halogens is 1. The molecule has 0 radical (unpaired) electrons. The number of aryl methyl sites for hydroxylation is 1. The van der Waals surface area contributed by atoms with Crippen LogP contribution < -0.4 is 0 Å². The van der Waals surface area contributed by atoms with Gasteiger partial charge in [0, 0.05) is 6.54 Å². The van der Waals surface area contributed by atoms with Gasteiger partial charge < -0.3 is 9.67 Å². The van der Waals surface area contributed by atoms with Gasteiger partial charge in [-0.25, -0.2) is 19.2 Å². The van der Waals surface area contributed by atoms with Crippen LogP contribution >= 0.6 is 0 Å². The molecule has 1 aromatic carbocycles. The molecule has 0 bridgehead atoms. The summed E-state index contributed by atoms with van der Waals surface area (Å²) in [5, 5.41) is 9.20. The van der Waals surface area contributed by atoms with Crippen molar-refractivity contribution in [2.75, 3.05) is 0 Å². The highest BCUT2D eigenvalue weighted by atomic mass is 19.1. The number of para-hydroxylation sites is 1. The number of hydrogen-bond acceptors (Lipinski definition) is 3. The smallest absolute Gasteiger partial charge is 0.354 e. The van der Waals surface area contributed by atoms with Crippen LogP contribution in [0, 0.1) is 5.82 Å². The minimum Gasteiger partial charge on any atom is -0.477 e. The molecule has 6 heteroatoms. The summed E-state index contributed by atoms with van der Waals surface area (Å²) in [4.78, 5) is 19.9. The number of unbranched alkanes of at least 4 members (excludes halogenated alkanes) is 5. The second-order valence-electron chi connectivity index (χ2n) is 6.68. The van der Waals surface area contributed by atoms with Crippen LogP contribution in [0.1, 0.15) is 55.9 Å². The van der Waals surface area contributed by atoms with E-state index in [1.165, 1.54) is 37.8 Å². The van der Waals surface area contributed by atoms with Gasteiger partial charge in [-0.1, -0.05) is 51.2 Å². The van der Waals surface area contributed by atoms with E-state index < -0.39 is 5.97 Å². The van der Waals surface area contributed by atoms with Crippen molar-refractivity contribution in [3.05, 3.63) is 47.9 Å². The number of carbonyl (C=O) groups is 1. The van der Waals surface area contributed by atoms with E-state index in [9.17, 15) is 14.3 Å². The van der Waals surface area contributed by atoms with E-state index in [4.69, 9.17) is 0 Å². The Hall–Kier alpha value is -2.76. The van der Waals surface area contributed by atoms with Crippen molar-refractivity contribution in [3.63, 3.8) is 0 Å². The highest BCUT2D eigenvalue weighted by molar-refractivity contribution is 5.86. The first-order chi connectivity index (χ1) is 13.1. The van der Waals surface area contributed by atoms with Gasteiger partial charge in [0.05, 0.1) is 5.52 Å². The highest BCUT2D eigenvalue weighted by Crippen LogP contribution is 2.26. The number of carboxylic acid groups (broad SMARTS) is 1. The summed E-state index contributed by atoms with van der Waals surface area (Å²) in [6.07, 6.45) is 6.91. The summed E-state index contributed by atoms with van der Waals surface area (Å²) in [6, 6.07) is 9.68. The predicted octanol–water partition coefficient (Wildman–Crippen LogP) is 5.30. The maximum absolute atomic E-state index is 14.2. The zero-order valence-corrected chi connectivity index (χ0v) is 15.5. The SMILES string of the molecule is CCCCCCCCn1c(-c2cccc(C(=O)O)n2)nc2c(F)cccc21. The van der Waals surface area contributed by atoms with Crippen molar-refractivity contribution in [2.45, 2.75) is 52.0 Å². The molecule has 5 nitrogen and oxygen atoms in total. The second kappa shape index (κ2) is 8.75. The number of nitrogens with zero attached hydrogens (tertiary/aromatic N) is 3. The molecular formula is C21H24FN3O2. The molecular weight excluding hydrogens is 345 g/mol. The van der Waals surface area contributed by atoms with Gasteiger partial charge in [0.15, 0.2) is 11.6 Å². The van der Waals surface area contributed by atoms with Crippen LogP contribution in [0.25, 0.3) is 22.6 Å². The van der Waals surface area contributed by atoms with Gasteiger partial charge in [-0.05, 0) is 30.7 Å². The van der Waals surface area contributed by atoms with Crippen LogP contribution in [-0.4, -0.2) is 25.6 Å². The lowest BCUT2D eigenvalue weighted by Gasteiger charge is -2.09. The lowest BCUT2D eigenvalue weighted by Crippen LogP contribution is -2.05. The van der Waals surface area contributed by atoms with Crippen LogP contribution in [0.4, 0.5) is 4.39 Å². The van der Waals surface area contributed by atoms with Crippen LogP contribution in [0.2, 0.25) is 0 Å². The summed E-state index contributed by atoms with van der Waals surface area (Å²) in [6.45, 7) is 2.89. The van der Waals surface area contributed by atoms with Crippen molar-refractivity contribution in [2.24, 2.45) is 0 Å². The van der Waals surface area contributed by atoms with Crippen LogP contribution in [0.15, 0.2) is 36.4 Å². The third kappa shape index (κ3) is 4.32. The number of rotatable bonds is 9. The molecule has 3 aromatic rings. The number of benzene rings is 1. The summed E-state index contributed by atoms with van der Waals surface area (Å²) in [7, 11) is 0. The van der Waals surface area contributed by atoms with E-state index in [-0.39, 0.29) is 11.5 Å². The molecule has 0 aliphatic heterocycles. The maximum Gasteiger partial charge on any atom is 0.354 e. The molecule has 0 saturated heterocycles. The highest BCUT2D eigenvalue weighted by Gasteiger charge is 2.17. The van der Waals surface area contributed by atoms with E-state index >= 15 is 0 Å². The zero-order chi connectivity index (χ0) is 19.2. The van der Waals surface area contributed by atoms with Crippen LogP contribution in [-0.2, 0) is 6.54 Å². The Kier molecular flexibility index (Phi) is 6.16. The van der Waals surface area contributed by atoms with Gasteiger partial charge in [-0.3, -0.25) is 0 Å². The van der Waals surface area contributed by atoms with Gasteiger partial charge in [-0.15, -0.1) is 0 Å². The Bertz CT molecular complexity index is 936. The molecule has 0 aliphatic rings. The lowest BCUT2D eigenvalue weighted by atomic mass is 10.1. The summed E-state index contributed by atoms with van der Waals surface area (Å²) < 4.78 is 16.2. The van der Waals surface area contributed by atoms with Gasteiger partial charge in [0.25, 0.3) is 0 Å². The Morgan fingerprint density at radius 2 is 1.78 bits per heavy atom. The van der Waals surface area contributed by atoms with Crippen molar-refractivity contribution < 1.29 is 14.3 Å². The normalized spacial score (nSPS) is 11.2. The van der Waals surface area contributed by atoms with Crippen LogP contribution in [0.3, 0.4) is 0 Å². The molecule has 0 aliphatic carbocycles. The number of aromatic carboxylic acids is 1. The Labute approximate surface area is 157 Å². The number of pyridine rings is 1. The van der Waals surface area contributed by atoms with E-state index in [0.717, 1.165) is 12.8 Å².